The third-order valence-electron chi connectivity index (χ3n) is 9.07. The molecule has 1 N–H and O–H groups in total. The van der Waals surface area contributed by atoms with Crippen LogP contribution >= 0.6 is 0 Å². The molecule has 3 rings (SSSR count). The Morgan fingerprint density at radius 2 is 1.57 bits per heavy atom. The van der Waals surface area contributed by atoms with Gasteiger partial charge in [0, 0.05) is 30.2 Å². The molecule has 0 aromatic rings. The Morgan fingerprint density at radius 3 is 2.27 bits per heavy atom. The van der Waals surface area contributed by atoms with Crippen molar-refractivity contribution in [3.63, 3.8) is 0 Å². The molecule has 4 atom stereocenters. The van der Waals surface area contributed by atoms with Gasteiger partial charge in [0.1, 0.15) is 0 Å². The van der Waals surface area contributed by atoms with Crippen LogP contribution in [-0.4, -0.2) is 37.4 Å². The van der Waals surface area contributed by atoms with E-state index in [1.807, 2.05) is 24.3 Å². The molecule has 1 saturated heterocycles. The quantitative estimate of drug-likeness (QED) is 0.210. The van der Waals surface area contributed by atoms with Crippen molar-refractivity contribution < 1.29 is 0 Å². The number of hydrogen-bond donors (Lipinski definition) is 1. The fourth-order valence-corrected chi connectivity index (χ4v) is 7.04. The zero-order valence-electron chi connectivity index (χ0n) is 25.4. The van der Waals surface area contributed by atoms with E-state index in [9.17, 15) is 0 Å². The largest absolute Gasteiger partial charge is 0.383 e. The highest BCUT2D eigenvalue weighted by molar-refractivity contribution is 6.55. The molecular weight excluding hydrogens is 483 g/mol. The molecule has 3 aliphatic rings. The number of likely N-dealkylation sites (tertiary alicyclic amines) is 1. The van der Waals surface area contributed by atoms with Crippen LogP contribution < -0.4 is 5.32 Å². The predicted molar refractivity (Wildman–Crippen MR) is 180 cm³/mol. The summed E-state index contributed by atoms with van der Waals surface area (Å²) < 4.78 is 0. The van der Waals surface area contributed by atoms with Crippen LogP contribution in [0.4, 0.5) is 0 Å². The zero-order chi connectivity index (χ0) is 28.7. The Labute approximate surface area is 246 Å². The molecule has 1 saturated carbocycles. The second-order valence-electron chi connectivity index (χ2n) is 11.7. The molecule has 40 heavy (non-hydrogen) atoms. The van der Waals surface area contributed by atoms with Gasteiger partial charge in [-0.25, -0.2) is 0 Å². The minimum atomic E-state index is 0.386. The molecule has 0 spiro atoms. The lowest BCUT2D eigenvalue weighted by molar-refractivity contribution is 0.0962. The Morgan fingerprint density at radius 1 is 0.850 bits per heavy atom. The second kappa shape index (κ2) is 17.1. The van der Waals surface area contributed by atoms with Gasteiger partial charge < -0.3 is 10.2 Å². The highest BCUT2D eigenvalue weighted by Gasteiger charge is 2.36. The summed E-state index contributed by atoms with van der Waals surface area (Å²) >= 11 is 0. The van der Waals surface area contributed by atoms with Crippen LogP contribution in [0.15, 0.2) is 121 Å². The lowest BCUT2D eigenvalue weighted by Crippen LogP contribution is -2.46. The molecule has 3 heteroatoms. The summed E-state index contributed by atoms with van der Waals surface area (Å²) in [7, 11) is 0.970. The van der Waals surface area contributed by atoms with Gasteiger partial charge in [-0.3, -0.25) is 0 Å². The van der Waals surface area contributed by atoms with Gasteiger partial charge in [0.05, 0.1) is 0 Å². The maximum absolute atomic E-state index is 4.21. The lowest BCUT2D eigenvalue weighted by atomic mass is 9.52. The molecule has 0 aromatic heterocycles. The van der Waals surface area contributed by atoms with E-state index in [1.165, 1.54) is 98.7 Å². The summed E-state index contributed by atoms with van der Waals surface area (Å²) in [5.41, 5.74) is 6.96. The summed E-state index contributed by atoms with van der Waals surface area (Å²) in [6.07, 6.45) is 34.6. The summed E-state index contributed by atoms with van der Waals surface area (Å²) in [4.78, 5) is 2.87. The molecule has 0 amide bonds. The van der Waals surface area contributed by atoms with Gasteiger partial charge in [0.2, 0.25) is 0 Å². The number of hydrogen-bond acceptors (Lipinski definition) is 2. The van der Waals surface area contributed by atoms with Crippen molar-refractivity contribution in [3.05, 3.63) is 121 Å². The first-order chi connectivity index (χ1) is 19.6. The van der Waals surface area contributed by atoms with Crippen molar-refractivity contribution in [2.45, 2.75) is 83.7 Å². The van der Waals surface area contributed by atoms with Crippen molar-refractivity contribution in [2.75, 3.05) is 13.1 Å². The van der Waals surface area contributed by atoms with E-state index < -0.39 is 0 Å². The standard InChI is InChI=1S/C37H53BN2/c1-7-12-20-31(10-4)39-32-21-16-15-17-22-33(26-25-32)40-27-18-19-30(28-40)37-34(23-13-8-2)29(6)38-36(11-5)35(37)24-14-9-3/h7-14,20,23-24,30,32-33,37-39H,1-3,5,15-19,21-22,25-28H2,4,6H3/b20-12-,23-13-,24-14-,31-10+/t30?,32?,33?,37-/m0/s1. The van der Waals surface area contributed by atoms with Gasteiger partial charge in [0.25, 0.3) is 0 Å². The van der Waals surface area contributed by atoms with E-state index in [0.29, 0.717) is 23.9 Å². The fraction of sp³-hybridized carbons (Fsp3) is 0.459. The van der Waals surface area contributed by atoms with Crippen LogP contribution in [0, 0.1) is 11.8 Å². The number of rotatable bonds is 11. The molecule has 0 aromatic carbocycles. The van der Waals surface area contributed by atoms with E-state index in [0.717, 1.165) is 7.28 Å². The Hall–Kier alpha value is -2.78. The highest BCUT2D eigenvalue weighted by atomic mass is 15.2. The van der Waals surface area contributed by atoms with Crippen molar-refractivity contribution >= 4 is 7.28 Å². The summed E-state index contributed by atoms with van der Waals surface area (Å²) in [5.74, 6) is 0.977. The number of piperidine rings is 1. The monoisotopic (exact) mass is 536 g/mol. The summed E-state index contributed by atoms with van der Waals surface area (Å²) in [5, 5.41) is 3.84. The van der Waals surface area contributed by atoms with Crippen LogP contribution in [0.2, 0.25) is 0 Å². The topological polar surface area (TPSA) is 15.3 Å². The van der Waals surface area contributed by atoms with Gasteiger partial charge >= 0.3 is 0 Å². The molecule has 1 aliphatic carbocycles. The van der Waals surface area contributed by atoms with Gasteiger partial charge in [-0.05, 0) is 75.1 Å². The van der Waals surface area contributed by atoms with Crippen LogP contribution in [0.1, 0.15) is 71.6 Å². The smallest absolute Gasteiger partial charge is 0.187 e. The molecule has 2 nitrogen and oxygen atoms in total. The third-order valence-corrected chi connectivity index (χ3v) is 9.07. The average molecular weight is 537 g/mol. The van der Waals surface area contributed by atoms with E-state index in [4.69, 9.17) is 0 Å². The van der Waals surface area contributed by atoms with Gasteiger partial charge in [-0.1, -0.05) is 124 Å². The Bertz CT molecular complexity index is 1070. The second-order valence-corrected chi connectivity index (χ2v) is 11.7. The SMILES string of the molecule is C=C/C=C\C1=C(C)BC(C=C)=C(/C=C\C=C)[C@H]1C1CCCN(C2CCCCCC(NC(/C=C\C=C)=C/C)CC2)C1. The van der Waals surface area contributed by atoms with Crippen molar-refractivity contribution in [1.82, 2.24) is 10.2 Å². The zero-order valence-corrected chi connectivity index (χ0v) is 25.4. The summed E-state index contributed by atoms with van der Waals surface area (Å²) in [6, 6.07) is 1.20. The van der Waals surface area contributed by atoms with Crippen LogP contribution in [0.25, 0.3) is 0 Å². The molecule has 3 unspecified atom stereocenters. The van der Waals surface area contributed by atoms with Gasteiger partial charge in [-0.15, -0.1) is 0 Å². The van der Waals surface area contributed by atoms with Crippen LogP contribution in [-0.2, 0) is 0 Å². The van der Waals surface area contributed by atoms with Crippen molar-refractivity contribution in [3.8, 4) is 0 Å². The van der Waals surface area contributed by atoms with E-state index >= 15 is 0 Å². The number of allylic oxidation sites excluding steroid dienone is 15. The number of nitrogens with one attached hydrogen (secondary N) is 1. The normalized spacial score (nSPS) is 27.8. The minimum Gasteiger partial charge on any atom is -0.383 e. The predicted octanol–water partition coefficient (Wildman–Crippen LogP) is 8.68. The number of nitrogens with zero attached hydrogens (tertiary/aromatic N) is 1. The molecule has 0 radical (unpaired) electrons. The molecule has 2 aliphatic heterocycles. The molecule has 0 bridgehead atoms. The van der Waals surface area contributed by atoms with E-state index in [1.54, 1.807) is 0 Å². The van der Waals surface area contributed by atoms with E-state index in [-0.39, 0.29) is 0 Å². The first-order valence-corrected chi connectivity index (χ1v) is 15.7. The summed E-state index contributed by atoms with van der Waals surface area (Å²) in [6.45, 7) is 22.8. The highest BCUT2D eigenvalue weighted by Crippen LogP contribution is 2.42. The van der Waals surface area contributed by atoms with Gasteiger partial charge in [0.15, 0.2) is 7.28 Å². The van der Waals surface area contributed by atoms with Crippen molar-refractivity contribution in [1.29, 1.82) is 0 Å². The fourth-order valence-electron chi connectivity index (χ4n) is 7.04. The minimum absolute atomic E-state index is 0.386. The maximum Gasteiger partial charge on any atom is 0.187 e. The maximum atomic E-state index is 4.21. The molecule has 2 heterocycles. The molecule has 214 valence electrons. The Balaban J connectivity index is 1.83. The third kappa shape index (κ3) is 8.86. The molecule has 2 fully saturated rings. The van der Waals surface area contributed by atoms with Gasteiger partial charge in [-0.2, -0.15) is 0 Å². The van der Waals surface area contributed by atoms with E-state index in [2.05, 4.69) is 92.9 Å². The Kier molecular flexibility index (Phi) is 13.6. The van der Waals surface area contributed by atoms with Crippen LogP contribution in [0.5, 0.6) is 0 Å². The van der Waals surface area contributed by atoms with Crippen molar-refractivity contribution in [2.24, 2.45) is 11.8 Å². The molecular formula is C37H53BN2. The first-order valence-electron chi connectivity index (χ1n) is 15.7. The first kappa shape index (κ1) is 31.7. The lowest BCUT2D eigenvalue weighted by Gasteiger charge is -2.44. The average Bonchev–Trinajstić information content (AvgIpc) is 3.09. The van der Waals surface area contributed by atoms with Crippen LogP contribution in [0.3, 0.4) is 0 Å².